The molecule has 1 fully saturated rings. The molecule has 1 atom stereocenters. The summed E-state index contributed by atoms with van der Waals surface area (Å²) in [6.45, 7) is 13.2. The van der Waals surface area contributed by atoms with E-state index >= 15 is 0 Å². The van der Waals surface area contributed by atoms with E-state index in [1.807, 2.05) is 36.6 Å². The summed E-state index contributed by atoms with van der Waals surface area (Å²) < 4.78 is 7.96. The smallest absolute Gasteiger partial charge is 0.306 e. The average molecular weight is 523 g/mol. The largest absolute Gasteiger partial charge is 0.466 e. The lowest BCUT2D eigenvalue weighted by atomic mass is 9.94. The van der Waals surface area contributed by atoms with Crippen molar-refractivity contribution in [3.63, 3.8) is 0 Å². The number of hydrogen-bond acceptors (Lipinski definition) is 5. The number of benzene rings is 1. The van der Waals surface area contributed by atoms with Crippen molar-refractivity contribution in [3.05, 3.63) is 63.7 Å². The van der Waals surface area contributed by atoms with Crippen LogP contribution in [0.3, 0.4) is 0 Å². The van der Waals surface area contributed by atoms with Gasteiger partial charge in [0.25, 0.3) is 0 Å². The van der Waals surface area contributed by atoms with Crippen LogP contribution in [0.15, 0.2) is 41.0 Å². The number of aromatic nitrogens is 2. The number of carbonyl (C=O) groups excluding carboxylic acids is 2. The molecule has 0 spiro atoms. The highest BCUT2D eigenvalue weighted by molar-refractivity contribution is 9.10. The van der Waals surface area contributed by atoms with Gasteiger partial charge in [0.05, 0.1) is 36.3 Å². The zero-order chi connectivity index (χ0) is 24.2. The van der Waals surface area contributed by atoms with Crippen molar-refractivity contribution in [2.24, 2.45) is 5.92 Å². The molecule has 3 aromatic rings. The van der Waals surface area contributed by atoms with Crippen LogP contribution >= 0.6 is 15.9 Å². The summed E-state index contributed by atoms with van der Waals surface area (Å²) >= 11 is 3.50. The van der Waals surface area contributed by atoms with Gasteiger partial charge in [0, 0.05) is 35.0 Å². The zero-order valence-corrected chi connectivity index (χ0v) is 21.0. The first-order chi connectivity index (χ1) is 16.4. The van der Waals surface area contributed by atoms with Crippen LogP contribution in [0.1, 0.15) is 42.2 Å². The fourth-order valence-corrected chi connectivity index (χ4v) is 5.12. The summed E-state index contributed by atoms with van der Waals surface area (Å²) in [5.74, 6) is 0.0577. The molecule has 1 aliphatic heterocycles. The highest BCUT2D eigenvalue weighted by Crippen LogP contribution is 2.31. The van der Waals surface area contributed by atoms with Gasteiger partial charge in [-0.05, 0) is 73.3 Å². The van der Waals surface area contributed by atoms with Crippen LogP contribution in [-0.2, 0) is 9.53 Å². The second kappa shape index (κ2) is 10.5. The lowest BCUT2D eigenvalue weighted by Crippen LogP contribution is -2.39. The third-order valence-corrected chi connectivity index (χ3v) is 6.69. The molecule has 3 heterocycles. The minimum atomic E-state index is -0.168. The first kappa shape index (κ1) is 24.1. The maximum Gasteiger partial charge on any atom is 0.306 e. The third kappa shape index (κ3) is 5.06. The average Bonchev–Trinajstić information content (AvgIpc) is 3.10. The molecule has 176 valence electrons. The van der Waals surface area contributed by atoms with E-state index in [0.717, 1.165) is 40.8 Å². The van der Waals surface area contributed by atoms with E-state index < -0.39 is 0 Å². The SMILES string of the molecule is [C-]#[N+]c1ccc(-n2c(C)c(C(=O)CN3CCCC(CC(=O)OCC)C3)c3ncc(Br)cc32)cc1. The number of fused-ring (bicyclic) bond motifs is 1. The second-order valence-corrected chi connectivity index (χ2v) is 9.54. The number of hydrogen-bond donors (Lipinski definition) is 0. The monoisotopic (exact) mass is 522 g/mol. The Kier molecular flexibility index (Phi) is 7.44. The molecule has 8 heteroatoms. The minimum Gasteiger partial charge on any atom is -0.466 e. The molecule has 1 aliphatic rings. The number of esters is 1. The van der Waals surface area contributed by atoms with Crippen molar-refractivity contribution in [3.8, 4) is 5.69 Å². The Hall–Kier alpha value is -3.02. The number of ether oxygens (including phenoxy) is 1. The lowest BCUT2D eigenvalue weighted by Gasteiger charge is -2.31. The molecule has 0 aliphatic carbocycles. The van der Waals surface area contributed by atoms with Gasteiger partial charge in [-0.2, -0.15) is 0 Å². The number of Topliss-reactive ketones (excluding diaryl/α,β-unsaturated/α-hetero) is 1. The zero-order valence-electron chi connectivity index (χ0n) is 19.4. The van der Waals surface area contributed by atoms with Crippen molar-refractivity contribution >= 4 is 44.4 Å². The maximum absolute atomic E-state index is 13.6. The van der Waals surface area contributed by atoms with E-state index in [1.165, 1.54) is 0 Å². The van der Waals surface area contributed by atoms with Gasteiger partial charge in [-0.1, -0.05) is 12.1 Å². The molecule has 1 saturated heterocycles. The molecule has 0 radical (unpaired) electrons. The van der Waals surface area contributed by atoms with E-state index in [4.69, 9.17) is 11.3 Å². The number of halogens is 1. The highest BCUT2D eigenvalue weighted by Gasteiger charge is 2.27. The van der Waals surface area contributed by atoms with Crippen molar-refractivity contribution < 1.29 is 14.3 Å². The molecule has 0 N–H and O–H groups in total. The number of ketones is 1. The van der Waals surface area contributed by atoms with Gasteiger partial charge in [0.15, 0.2) is 11.5 Å². The molecule has 7 nitrogen and oxygen atoms in total. The van der Waals surface area contributed by atoms with E-state index in [0.29, 0.717) is 36.3 Å². The van der Waals surface area contributed by atoms with Crippen LogP contribution in [0.2, 0.25) is 0 Å². The van der Waals surface area contributed by atoms with Gasteiger partial charge >= 0.3 is 5.97 Å². The molecule has 2 aromatic heterocycles. The normalized spacial score (nSPS) is 16.4. The summed E-state index contributed by atoms with van der Waals surface area (Å²) in [4.78, 5) is 35.7. The van der Waals surface area contributed by atoms with E-state index in [1.54, 1.807) is 18.3 Å². The predicted octanol–water partition coefficient (Wildman–Crippen LogP) is 5.50. The third-order valence-electron chi connectivity index (χ3n) is 6.26. The van der Waals surface area contributed by atoms with Crippen molar-refractivity contribution in [2.45, 2.75) is 33.1 Å². The van der Waals surface area contributed by atoms with Crippen molar-refractivity contribution in [1.82, 2.24) is 14.5 Å². The van der Waals surface area contributed by atoms with Gasteiger partial charge in [-0.15, -0.1) is 0 Å². The highest BCUT2D eigenvalue weighted by atomic mass is 79.9. The number of pyridine rings is 1. The van der Waals surface area contributed by atoms with Crippen molar-refractivity contribution in [1.29, 1.82) is 0 Å². The molecule has 0 amide bonds. The maximum atomic E-state index is 13.6. The Bertz CT molecular complexity index is 1260. The molecule has 4 rings (SSSR count). The second-order valence-electron chi connectivity index (χ2n) is 8.62. The molecule has 1 aromatic carbocycles. The van der Waals surface area contributed by atoms with Gasteiger partial charge < -0.3 is 9.30 Å². The Labute approximate surface area is 207 Å². The quantitative estimate of drug-likeness (QED) is 0.233. The number of likely N-dealkylation sites (tertiary alicyclic amines) is 1. The first-order valence-corrected chi connectivity index (χ1v) is 12.3. The van der Waals surface area contributed by atoms with Crippen LogP contribution in [0.25, 0.3) is 21.6 Å². The lowest BCUT2D eigenvalue weighted by molar-refractivity contribution is -0.144. The number of nitrogens with zero attached hydrogens (tertiary/aromatic N) is 4. The number of carbonyl (C=O) groups is 2. The van der Waals surface area contributed by atoms with Crippen LogP contribution in [0.4, 0.5) is 5.69 Å². The minimum absolute atomic E-state index is 0.0191. The van der Waals surface area contributed by atoms with Crippen molar-refractivity contribution in [2.75, 3.05) is 26.2 Å². The molecule has 1 unspecified atom stereocenters. The van der Waals surface area contributed by atoms with Crippen LogP contribution in [0, 0.1) is 19.4 Å². The van der Waals surface area contributed by atoms with Gasteiger partial charge in [0.1, 0.15) is 0 Å². The Morgan fingerprint density at radius 3 is 2.76 bits per heavy atom. The molecule has 0 bridgehead atoms. The fourth-order valence-electron chi connectivity index (χ4n) is 4.80. The fraction of sp³-hybridized carbons (Fsp3) is 0.385. The topological polar surface area (TPSA) is 68.8 Å². The first-order valence-electron chi connectivity index (χ1n) is 11.5. The van der Waals surface area contributed by atoms with Crippen LogP contribution in [-0.4, -0.2) is 52.4 Å². The summed E-state index contributed by atoms with van der Waals surface area (Å²) in [5, 5.41) is 0. The number of piperidine rings is 1. The molecular formula is C26H27BrN4O3. The molecule has 0 saturated carbocycles. The van der Waals surface area contributed by atoms with Gasteiger partial charge in [-0.3, -0.25) is 19.5 Å². The van der Waals surface area contributed by atoms with Gasteiger partial charge in [-0.25, -0.2) is 4.85 Å². The Morgan fingerprint density at radius 2 is 2.06 bits per heavy atom. The standard InChI is InChI=1S/C26H27BrN4O3/c1-4-34-24(33)12-18-6-5-11-30(15-18)16-23(32)25-17(2)31(21-9-7-20(28-3)8-10-21)22-13-19(27)14-29-26(22)25/h7-10,13-14,18H,4-6,11-12,15-16H2,1-2H3. The van der Waals surface area contributed by atoms with E-state index in [9.17, 15) is 9.59 Å². The Morgan fingerprint density at radius 1 is 1.29 bits per heavy atom. The Balaban J connectivity index is 1.62. The van der Waals surface area contributed by atoms with Crippen LogP contribution in [0.5, 0.6) is 0 Å². The molecular weight excluding hydrogens is 496 g/mol. The summed E-state index contributed by atoms with van der Waals surface area (Å²) in [6, 6.07) is 9.29. The predicted molar refractivity (Wildman–Crippen MR) is 135 cm³/mol. The summed E-state index contributed by atoms with van der Waals surface area (Å²) in [6.07, 6.45) is 4.03. The van der Waals surface area contributed by atoms with Gasteiger partial charge in [0.2, 0.25) is 0 Å². The number of rotatable bonds is 7. The van der Waals surface area contributed by atoms with Crippen LogP contribution < -0.4 is 0 Å². The molecule has 34 heavy (non-hydrogen) atoms. The van der Waals surface area contributed by atoms with E-state index in [-0.39, 0.29) is 24.2 Å². The van der Waals surface area contributed by atoms with E-state index in [2.05, 4.69) is 30.7 Å². The summed E-state index contributed by atoms with van der Waals surface area (Å²) in [7, 11) is 0. The summed E-state index contributed by atoms with van der Waals surface area (Å²) in [5.41, 5.74) is 4.38.